The number of likely N-dealkylation sites (tertiary alicyclic amines) is 1. The van der Waals surface area contributed by atoms with Crippen molar-refractivity contribution in [2.24, 2.45) is 5.92 Å². The van der Waals surface area contributed by atoms with E-state index in [4.69, 9.17) is 4.98 Å². The van der Waals surface area contributed by atoms with E-state index in [0.717, 1.165) is 45.4 Å². The number of fused-ring (bicyclic) bond motifs is 1. The third kappa shape index (κ3) is 3.66. The first-order valence-electron chi connectivity index (χ1n) is 10.3. The van der Waals surface area contributed by atoms with E-state index in [1.165, 1.54) is 22.2 Å². The standard InChI is InChI=1S/C21H26F2N4S/c1-13-2-5-16(28-13)11-26-8-6-14-7-9-27(18(14)12-26)19-10-17(20(22)23)24-21(25-19)15-3-4-15/h2,5,10,14-15,18,20H,3-4,6-9,11-12H2,1H3. The highest BCUT2D eigenvalue weighted by Gasteiger charge is 2.40. The van der Waals surface area contributed by atoms with Crippen LogP contribution in [-0.4, -0.2) is 40.5 Å². The molecule has 0 spiro atoms. The predicted octanol–water partition coefficient (Wildman–Crippen LogP) is 4.76. The molecule has 5 rings (SSSR count). The molecule has 2 saturated heterocycles. The number of thiophene rings is 1. The highest BCUT2D eigenvalue weighted by atomic mass is 32.1. The van der Waals surface area contributed by atoms with Crippen LogP contribution in [0.15, 0.2) is 18.2 Å². The zero-order valence-corrected chi connectivity index (χ0v) is 17.0. The molecule has 2 atom stereocenters. The molecule has 0 bridgehead atoms. The molecule has 0 aromatic carbocycles. The molecule has 4 heterocycles. The number of hydrogen-bond donors (Lipinski definition) is 0. The zero-order valence-electron chi connectivity index (χ0n) is 16.2. The fourth-order valence-electron chi connectivity index (χ4n) is 4.68. The Kier molecular flexibility index (Phi) is 4.83. The molecule has 1 aliphatic carbocycles. The van der Waals surface area contributed by atoms with Gasteiger partial charge in [0.1, 0.15) is 17.3 Å². The molecule has 7 heteroatoms. The number of nitrogens with zero attached hydrogens (tertiary/aromatic N) is 4. The summed E-state index contributed by atoms with van der Waals surface area (Å²) < 4.78 is 26.8. The number of hydrogen-bond acceptors (Lipinski definition) is 5. The van der Waals surface area contributed by atoms with Gasteiger partial charge >= 0.3 is 0 Å². The van der Waals surface area contributed by atoms with Crippen LogP contribution in [0.3, 0.4) is 0 Å². The Bertz CT molecular complexity index is 830. The van der Waals surface area contributed by atoms with Crippen molar-refractivity contribution in [3.8, 4) is 0 Å². The van der Waals surface area contributed by atoms with Crippen LogP contribution in [0.2, 0.25) is 0 Å². The summed E-state index contributed by atoms with van der Waals surface area (Å²) in [7, 11) is 0. The smallest absolute Gasteiger partial charge is 0.280 e. The summed E-state index contributed by atoms with van der Waals surface area (Å²) >= 11 is 1.86. The second-order valence-corrected chi connectivity index (χ2v) is 9.80. The summed E-state index contributed by atoms with van der Waals surface area (Å²) in [4.78, 5) is 16.4. The minimum atomic E-state index is -2.54. The maximum absolute atomic E-state index is 13.4. The third-order valence-electron chi connectivity index (χ3n) is 6.33. The lowest BCUT2D eigenvalue weighted by Crippen LogP contribution is -2.48. The van der Waals surface area contributed by atoms with Crippen LogP contribution in [0, 0.1) is 12.8 Å². The highest BCUT2D eigenvalue weighted by molar-refractivity contribution is 7.11. The van der Waals surface area contributed by atoms with E-state index in [1.54, 1.807) is 0 Å². The summed E-state index contributed by atoms with van der Waals surface area (Å²) in [5, 5.41) is 0. The van der Waals surface area contributed by atoms with Gasteiger partial charge in [0.15, 0.2) is 0 Å². The number of halogens is 2. The second-order valence-electron chi connectivity index (χ2n) is 8.43. The lowest BCUT2D eigenvalue weighted by atomic mass is 9.92. The first-order valence-corrected chi connectivity index (χ1v) is 11.1. The number of piperidine rings is 1. The molecular weight excluding hydrogens is 378 g/mol. The van der Waals surface area contributed by atoms with Gasteiger partial charge < -0.3 is 4.90 Å². The van der Waals surface area contributed by atoms with E-state index < -0.39 is 6.43 Å². The maximum atomic E-state index is 13.4. The lowest BCUT2D eigenvalue weighted by molar-refractivity contribution is 0.145. The fraction of sp³-hybridized carbons (Fsp3) is 0.619. The van der Waals surface area contributed by atoms with E-state index in [-0.39, 0.29) is 11.6 Å². The van der Waals surface area contributed by atoms with Crippen molar-refractivity contribution in [1.82, 2.24) is 14.9 Å². The van der Waals surface area contributed by atoms with Crippen LogP contribution in [-0.2, 0) is 6.54 Å². The van der Waals surface area contributed by atoms with Gasteiger partial charge in [0.05, 0.1) is 0 Å². The van der Waals surface area contributed by atoms with Crippen LogP contribution in [0.5, 0.6) is 0 Å². The Morgan fingerprint density at radius 3 is 2.68 bits per heavy atom. The third-order valence-corrected chi connectivity index (χ3v) is 7.32. The quantitative estimate of drug-likeness (QED) is 0.719. The lowest BCUT2D eigenvalue weighted by Gasteiger charge is -2.38. The summed E-state index contributed by atoms with van der Waals surface area (Å²) in [6, 6.07) is 6.29. The fourth-order valence-corrected chi connectivity index (χ4v) is 5.61. The van der Waals surface area contributed by atoms with Crippen LogP contribution in [0.1, 0.15) is 59.3 Å². The number of aryl methyl sites for hydroxylation is 1. The molecule has 2 aromatic heterocycles. The van der Waals surface area contributed by atoms with Crippen LogP contribution < -0.4 is 4.90 Å². The summed E-state index contributed by atoms with van der Waals surface area (Å²) in [5.41, 5.74) is -0.114. The normalized spacial score (nSPS) is 25.5. The number of aromatic nitrogens is 2. The first-order chi connectivity index (χ1) is 13.6. The van der Waals surface area contributed by atoms with Gasteiger partial charge in [0, 0.05) is 47.4 Å². The van der Waals surface area contributed by atoms with Gasteiger partial charge in [0.25, 0.3) is 6.43 Å². The van der Waals surface area contributed by atoms with Crippen molar-refractivity contribution in [2.45, 2.75) is 57.5 Å². The van der Waals surface area contributed by atoms with Gasteiger partial charge in [0.2, 0.25) is 0 Å². The van der Waals surface area contributed by atoms with Crippen molar-refractivity contribution in [3.63, 3.8) is 0 Å². The van der Waals surface area contributed by atoms with Gasteiger partial charge in [-0.15, -0.1) is 11.3 Å². The Morgan fingerprint density at radius 2 is 1.96 bits per heavy atom. The molecule has 0 N–H and O–H groups in total. The molecule has 2 aliphatic heterocycles. The first kappa shape index (κ1) is 18.4. The molecule has 2 aromatic rings. The summed E-state index contributed by atoms with van der Waals surface area (Å²) in [6.07, 6.45) is 1.80. The van der Waals surface area contributed by atoms with Crippen LogP contribution >= 0.6 is 11.3 Å². The van der Waals surface area contributed by atoms with Gasteiger partial charge in [-0.1, -0.05) is 0 Å². The second kappa shape index (κ2) is 7.34. The number of rotatable bonds is 5. The molecule has 3 fully saturated rings. The van der Waals surface area contributed by atoms with Gasteiger partial charge in [-0.05, 0) is 57.2 Å². The Balaban J connectivity index is 1.37. The Morgan fingerprint density at radius 1 is 1.14 bits per heavy atom. The molecule has 28 heavy (non-hydrogen) atoms. The molecule has 2 unspecified atom stereocenters. The van der Waals surface area contributed by atoms with Gasteiger partial charge in [-0.2, -0.15) is 0 Å². The van der Waals surface area contributed by atoms with Crippen LogP contribution in [0.25, 0.3) is 0 Å². The van der Waals surface area contributed by atoms with E-state index in [1.807, 2.05) is 11.3 Å². The Labute approximate surface area is 168 Å². The Hall–Kier alpha value is -1.60. The maximum Gasteiger partial charge on any atom is 0.280 e. The predicted molar refractivity (Wildman–Crippen MR) is 107 cm³/mol. The van der Waals surface area contributed by atoms with E-state index in [0.29, 0.717) is 23.6 Å². The SMILES string of the molecule is Cc1ccc(CN2CCC3CCN(c4cc(C(F)F)nc(C5CC5)n4)C3C2)s1. The van der Waals surface area contributed by atoms with Gasteiger partial charge in [-0.25, -0.2) is 18.7 Å². The van der Waals surface area contributed by atoms with Crippen molar-refractivity contribution in [3.05, 3.63) is 39.5 Å². The summed E-state index contributed by atoms with van der Waals surface area (Å²) in [6.45, 7) is 6.13. The van der Waals surface area contributed by atoms with Crippen LogP contribution in [0.4, 0.5) is 14.6 Å². The molecule has 3 aliphatic rings. The minimum Gasteiger partial charge on any atom is -0.352 e. The van der Waals surface area contributed by atoms with E-state index >= 15 is 0 Å². The molecule has 150 valence electrons. The average molecular weight is 405 g/mol. The molecule has 0 radical (unpaired) electrons. The molecular formula is C21H26F2N4S. The van der Waals surface area contributed by atoms with Crippen molar-refractivity contribution >= 4 is 17.2 Å². The van der Waals surface area contributed by atoms with Crippen molar-refractivity contribution in [1.29, 1.82) is 0 Å². The molecule has 0 amide bonds. The van der Waals surface area contributed by atoms with Crippen molar-refractivity contribution < 1.29 is 8.78 Å². The van der Waals surface area contributed by atoms with E-state index in [9.17, 15) is 8.78 Å². The topological polar surface area (TPSA) is 32.3 Å². The number of alkyl halides is 2. The number of anilines is 1. The van der Waals surface area contributed by atoms with E-state index in [2.05, 4.69) is 33.8 Å². The van der Waals surface area contributed by atoms with Gasteiger partial charge in [-0.3, -0.25) is 4.90 Å². The largest absolute Gasteiger partial charge is 0.352 e. The molecule has 4 nitrogen and oxygen atoms in total. The highest BCUT2D eigenvalue weighted by Crippen LogP contribution is 2.41. The average Bonchev–Trinajstić information content (AvgIpc) is 3.34. The van der Waals surface area contributed by atoms with Crippen molar-refractivity contribution in [2.75, 3.05) is 24.5 Å². The monoisotopic (exact) mass is 404 g/mol. The summed E-state index contributed by atoms with van der Waals surface area (Å²) in [5.74, 6) is 2.25. The minimum absolute atomic E-state index is 0.114. The molecule has 1 saturated carbocycles. The zero-order chi connectivity index (χ0) is 19.3.